The van der Waals surface area contributed by atoms with Crippen LogP contribution >= 0.6 is 0 Å². The Morgan fingerprint density at radius 1 is 1.12 bits per heavy atom. The van der Waals surface area contributed by atoms with E-state index in [9.17, 15) is 4.79 Å². The van der Waals surface area contributed by atoms with Crippen molar-refractivity contribution in [3.05, 3.63) is 0 Å². The van der Waals surface area contributed by atoms with E-state index in [0.29, 0.717) is 12.1 Å². The van der Waals surface area contributed by atoms with Crippen LogP contribution in [0.4, 0.5) is 0 Å². The van der Waals surface area contributed by atoms with E-state index in [1.54, 1.807) is 6.92 Å². The van der Waals surface area contributed by atoms with Crippen LogP contribution in [0.2, 0.25) is 0 Å². The van der Waals surface area contributed by atoms with Crippen molar-refractivity contribution in [1.82, 2.24) is 9.80 Å². The zero-order valence-corrected chi connectivity index (χ0v) is 10.8. The van der Waals surface area contributed by atoms with Crippen LogP contribution < -0.4 is 0 Å². The average Bonchev–Trinajstić information content (AvgIpc) is 3.02. The van der Waals surface area contributed by atoms with Gasteiger partial charge in [0.15, 0.2) is 0 Å². The van der Waals surface area contributed by atoms with E-state index in [4.69, 9.17) is 0 Å². The first-order valence-electron chi connectivity index (χ1n) is 6.62. The van der Waals surface area contributed by atoms with Crippen molar-refractivity contribution < 1.29 is 4.79 Å². The Kier molecular flexibility index (Phi) is 3.53. The Morgan fingerprint density at radius 3 is 2.00 bits per heavy atom. The number of amides is 1. The van der Waals surface area contributed by atoms with Crippen LogP contribution in [0.25, 0.3) is 0 Å². The minimum absolute atomic E-state index is 0.237. The molecule has 2 aliphatic rings. The molecule has 1 saturated heterocycles. The molecular weight excluding hydrogens is 200 g/mol. The Hall–Kier alpha value is -0.570. The number of hydrogen-bond donors (Lipinski definition) is 0. The van der Waals surface area contributed by atoms with Crippen molar-refractivity contribution in [3.8, 4) is 0 Å². The lowest BCUT2D eigenvalue weighted by Gasteiger charge is -2.40. The van der Waals surface area contributed by atoms with E-state index in [0.717, 1.165) is 32.0 Å². The third-order valence-electron chi connectivity index (χ3n) is 3.90. The minimum atomic E-state index is 0.237. The van der Waals surface area contributed by atoms with Crippen LogP contribution in [-0.4, -0.2) is 46.9 Å². The lowest BCUT2D eigenvalue weighted by atomic mass is 10.0. The molecule has 0 N–H and O–H groups in total. The second-order valence-corrected chi connectivity index (χ2v) is 5.51. The van der Waals surface area contributed by atoms with E-state index >= 15 is 0 Å². The molecule has 1 amide bonds. The first-order valence-corrected chi connectivity index (χ1v) is 6.62. The summed E-state index contributed by atoms with van der Waals surface area (Å²) in [7, 11) is 0. The minimum Gasteiger partial charge on any atom is -0.343 e. The van der Waals surface area contributed by atoms with Crippen LogP contribution in [-0.2, 0) is 4.79 Å². The fraction of sp³-hybridized carbons (Fsp3) is 0.923. The molecule has 1 saturated carbocycles. The molecule has 16 heavy (non-hydrogen) atoms. The standard InChI is InChI=1S/C13H24N2O/c1-10(2)15(12-4-5-12)13-6-8-14(9-7-13)11(3)16/h10,12-13H,4-9H2,1-3H3. The SMILES string of the molecule is CC(=O)N1CCC(N(C(C)C)C2CC2)CC1. The molecule has 0 radical (unpaired) electrons. The summed E-state index contributed by atoms with van der Waals surface area (Å²) in [6.07, 6.45) is 5.08. The lowest BCUT2D eigenvalue weighted by molar-refractivity contribution is -0.130. The van der Waals surface area contributed by atoms with Gasteiger partial charge in [-0.3, -0.25) is 9.69 Å². The zero-order valence-electron chi connectivity index (χ0n) is 10.8. The van der Waals surface area contributed by atoms with Crippen molar-refractivity contribution >= 4 is 5.91 Å². The van der Waals surface area contributed by atoms with Gasteiger partial charge in [0.05, 0.1) is 0 Å². The molecule has 0 bridgehead atoms. The Balaban J connectivity index is 1.89. The van der Waals surface area contributed by atoms with Crippen molar-refractivity contribution in [2.45, 2.75) is 64.6 Å². The van der Waals surface area contributed by atoms with Gasteiger partial charge in [-0.15, -0.1) is 0 Å². The Morgan fingerprint density at radius 2 is 1.62 bits per heavy atom. The van der Waals surface area contributed by atoms with Gasteiger partial charge in [0.2, 0.25) is 5.91 Å². The molecule has 2 rings (SSSR count). The lowest BCUT2D eigenvalue weighted by Crippen LogP contribution is -2.49. The van der Waals surface area contributed by atoms with Crippen LogP contribution in [0, 0.1) is 0 Å². The van der Waals surface area contributed by atoms with Crippen molar-refractivity contribution in [2.75, 3.05) is 13.1 Å². The summed E-state index contributed by atoms with van der Waals surface area (Å²) in [4.78, 5) is 15.9. The molecule has 0 spiro atoms. The second kappa shape index (κ2) is 4.74. The van der Waals surface area contributed by atoms with Gasteiger partial charge >= 0.3 is 0 Å². The average molecular weight is 224 g/mol. The zero-order chi connectivity index (χ0) is 11.7. The number of rotatable bonds is 3. The van der Waals surface area contributed by atoms with Crippen LogP contribution in [0.15, 0.2) is 0 Å². The van der Waals surface area contributed by atoms with E-state index in [2.05, 4.69) is 18.7 Å². The first kappa shape index (κ1) is 11.9. The molecule has 3 heteroatoms. The maximum atomic E-state index is 11.3. The topological polar surface area (TPSA) is 23.6 Å². The largest absolute Gasteiger partial charge is 0.343 e. The third-order valence-corrected chi connectivity index (χ3v) is 3.90. The summed E-state index contributed by atoms with van der Waals surface area (Å²) in [5, 5.41) is 0. The van der Waals surface area contributed by atoms with E-state index < -0.39 is 0 Å². The molecule has 3 nitrogen and oxygen atoms in total. The van der Waals surface area contributed by atoms with Gasteiger partial charge in [0.1, 0.15) is 0 Å². The van der Waals surface area contributed by atoms with Crippen LogP contribution in [0.5, 0.6) is 0 Å². The highest BCUT2D eigenvalue weighted by Crippen LogP contribution is 2.33. The summed E-state index contributed by atoms with van der Waals surface area (Å²) in [6.45, 7) is 8.19. The summed E-state index contributed by atoms with van der Waals surface area (Å²) in [5.74, 6) is 0.237. The first-order chi connectivity index (χ1) is 7.59. The summed E-state index contributed by atoms with van der Waals surface area (Å²) < 4.78 is 0. The molecule has 1 aliphatic heterocycles. The van der Waals surface area contributed by atoms with E-state index in [-0.39, 0.29) is 5.91 Å². The highest BCUT2D eigenvalue weighted by molar-refractivity contribution is 5.73. The summed E-state index contributed by atoms with van der Waals surface area (Å²) >= 11 is 0. The van der Waals surface area contributed by atoms with Crippen molar-refractivity contribution in [2.24, 2.45) is 0 Å². The highest BCUT2D eigenvalue weighted by atomic mass is 16.2. The fourth-order valence-corrected chi connectivity index (χ4v) is 2.99. The van der Waals surface area contributed by atoms with Gasteiger partial charge in [-0.05, 0) is 39.5 Å². The van der Waals surface area contributed by atoms with Crippen molar-refractivity contribution in [1.29, 1.82) is 0 Å². The number of carbonyl (C=O) groups is 1. The quantitative estimate of drug-likeness (QED) is 0.730. The van der Waals surface area contributed by atoms with Gasteiger partial charge in [-0.25, -0.2) is 0 Å². The molecule has 1 heterocycles. The smallest absolute Gasteiger partial charge is 0.219 e. The molecule has 0 aromatic rings. The second-order valence-electron chi connectivity index (χ2n) is 5.51. The molecular formula is C13H24N2O. The molecule has 2 fully saturated rings. The summed E-state index contributed by atoms with van der Waals surface area (Å²) in [6, 6.07) is 2.21. The predicted molar refractivity (Wildman–Crippen MR) is 65.3 cm³/mol. The molecule has 1 aliphatic carbocycles. The predicted octanol–water partition coefficient (Wildman–Crippen LogP) is 1.87. The van der Waals surface area contributed by atoms with Gasteiger partial charge in [0, 0.05) is 38.1 Å². The fourth-order valence-electron chi connectivity index (χ4n) is 2.99. The number of nitrogens with zero attached hydrogens (tertiary/aromatic N) is 2. The molecule has 0 atom stereocenters. The van der Waals surface area contributed by atoms with Gasteiger partial charge in [-0.1, -0.05) is 0 Å². The number of piperidine rings is 1. The van der Waals surface area contributed by atoms with Crippen LogP contribution in [0.1, 0.15) is 46.5 Å². The number of carbonyl (C=O) groups excluding carboxylic acids is 1. The maximum absolute atomic E-state index is 11.3. The Labute approximate surface area is 98.8 Å². The summed E-state index contributed by atoms with van der Waals surface area (Å²) in [5.41, 5.74) is 0. The van der Waals surface area contributed by atoms with Crippen molar-refractivity contribution in [3.63, 3.8) is 0 Å². The Bertz CT molecular complexity index is 251. The van der Waals surface area contributed by atoms with Crippen LogP contribution in [0.3, 0.4) is 0 Å². The molecule has 0 aromatic heterocycles. The van der Waals surface area contributed by atoms with Gasteiger partial charge in [0.25, 0.3) is 0 Å². The highest BCUT2D eigenvalue weighted by Gasteiger charge is 2.36. The maximum Gasteiger partial charge on any atom is 0.219 e. The van der Waals surface area contributed by atoms with Gasteiger partial charge in [-0.2, -0.15) is 0 Å². The number of hydrogen-bond acceptors (Lipinski definition) is 2. The molecule has 92 valence electrons. The monoisotopic (exact) mass is 224 g/mol. The third kappa shape index (κ3) is 2.57. The van der Waals surface area contributed by atoms with Gasteiger partial charge < -0.3 is 4.90 Å². The van der Waals surface area contributed by atoms with E-state index in [1.807, 2.05) is 4.90 Å². The number of likely N-dealkylation sites (tertiary alicyclic amines) is 1. The van der Waals surface area contributed by atoms with E-state index in [1.165, 1.54) is 12.8 Å². The molecule has 0 aromatic carbocycles. The normalized spacial score (nSPS) is 23.2. The molecule has 0 unspecified atom stereocenters.